The first-order chi connectivity index (χ1) is 8.40. The Balaban J connectivity index is 2.02. The van der Waals surface area contributed by atoms with Gasteiger partial charge in [0, 0.05) is 11.6 Å². The van der Waals surface area contributed by atoms with Crippen molar-refractivity contribution in [2.45, 2.75) is 31.4 Å². The second-order valence-electron chi connectivity index (χ2n) is 4.73. The van der Waals surface area contributed by atoms with E-state index in [1.807, 2.05) is 12.1 Å². The lowest BCUT2D eigenvalue weighted by Gasteiger charge is -2.31. The number of nitriles is 1. The molecule has 0 unspecified atom stereocenters. The second kappa shape index (κ2) is 4.48. The minimum atomic E-state index is 0.0668. The minimum absolute atomic E-state index is 0.0668. The maximum atomic E-state index is 9.23. The summed E-state index contributed by atoms with van der Waals surface area (Å²) in [5, 5.41) is 12.7. The molecule has 2 atom stereocenters. The Kier molecular flexibility index (Phi) is 2.84. The minimum Gasteiger partial charge on any atom is -0.371 e. The third-order valence-electron chi connectivity index (χ3n) is 3.73. The number of rotatable bonds is 1. The van der Waals surface area contributed by atoms with Crippen LogP contribution in [0.25, 0.3) is 0 Å². The maximum Gasteiger partial charge on any atom is 0.0995 e. The van der Waals surface area contributed by atoms with Gasteiger partial charge in [0.2, 0.25) is 0 Å². The zero-order valence-electron chi connectivity index (χ0n) is 9.78. The van der Waals surface area contributed by atoms with Crippen LogP contribution >= 0.6 is 0 Å². The average molecular weight is 228 g/mol. The summed E-state index contributed by atoms with van der Waals surface area (Å²) in [5.41, 5.74) is 3.19. The van der Waals surface area contributed by atoms with Gasteiger partial charge in [-0.15, -0.1) is 0 Å². The molecule has 2 aliphatic heterocycles. The Hall–Kier alpha value is -1.37. The highest BCUT2D eigenvalue weighted by molar-refractivity contribution is 5.46. The number of nitrogens with one attached hydrogen (secondary N) is 1. The molecule has 17 heavy (non-hydrogen) atoms. The number of hydrogen-bond acceptors (Lipinski definition) is 3. The Morgan fingerprint density at radius 3 is 3.12 bits per heavy atom. The van der Waals surface area contributed by atoms with Crippen LogP contribution < -0.4 is 5.32 Å². The molecule has 0 bridgehead atoms. The number of fused-ring (bicyclic) bond motifs is 1. The largest absolute Gasteiger partial charge is 0.371 e. The van der Waals surface area contributed by atoms with Crippen LogP contribution in [0.1, 0.15) is 35.6 Å². The molecule has 3 heteroatoms. The zero-order valence-corrected chi connectivity index (χ0v) is 9.78. The van der Waals surface area contributed by atoms with Gasteiger partial charge in [0.1, 0.15) is 0 Å². The predicted molar refractivity (Wildman–Crippen MR) is 64.6 cm³/mol. The van der Waals surface area contributed by atoms with Crippen LogP contribution in [0.5, 0.6) is 0 Å². The topological polar surface area (TPSA) is 45.0 Å². The third kappa shape index (κ3) is 1.84. The fourth-order valence-corrected chi connectivity index (χ4v) is 2.93. The number of hydrogen-bond donors (Lipinski definition) is 1. The standard InChI is InChI=1S/C14H16N2O/c15-9-11-4-1-3-10-6-8-17-14(13(10)11)12-5-2-7-16-12/h1,3-4,12,14,16H,2,5-8H2/t12-,14+/m0/s1. The molecule has 0 spiro atoms. The van der Waals surface area contributed by atoms with Crippen molar-refractivity contribution in [2.75, 3.05) is 13.2 Å². The molecule has 3 rings (SSSR count). The highest BCUT2D eigenvalue weighted by Gasteiger charge is 2.32. The van der Waals surface area contributed by atoms with Crippen LogP contribution in [-0.4, -0.2) is 19.2 Å². The average Bonchev–Trinajstić information content (AvgIpc) is 2.91. The first kappa shape index (κ1) is 10.8. The molecule has 0 saturated carbocycles. The van der Waals surface area contributed by atoms with Crippen LogP contribution in [0.2, 0.25) is 0 Å². The molecule has 0 aromatic heterocycles. The van der Waals surface area contributed by atoms with Gasteiger partial charge in [-0.25, -0.2) is 0 Å². The van der Waals surface area contributed by atoms with E-state index in [0.29, 0.717) is 6.04 Å². The molecule has 0 radical (unpaired) electrons. The molecule has 3 nitrogen and oxygen atoms in total. The van der Waals surface area contributed by atoms with Gasteiger partial charge in [0.15, 0.2) is 0 Å². The quantitative estimate of drug-likeness (QED) is 0.798. The first-order valence-electron chi connectivity index (χ1n) is 6.27. The lowest BCUT2D eigenvalue weighted by molar-refractivity contribution is 0.0197. The van der Waals surface area contributed by atoms with E-state index in [1.165, 1.54) is 12.0 Å². The Morgan fingerprint density at radius 2 is 2.35 bits per heavy atom. The van der Waals surface area contributed by atoms with Crippen molar-refractivity contribution in [3.05, 3.63) is 34.9 Å². The van der Waals surface area contributed by atoms with E-state index >= 15 is 0 Å². The smallest absolute Gasteiger partial charge is 0.0995 e. The van der Waals surface area contributed by atoms with Gasteiger partial charge in [-0.1, -0.05) is 12.1 Å². The van der Waals surface area contributed by atoms with E-state index < -0.39 is 0 Å². The summed E-state index contributed by atoms with van der Waals surface area (Å²) >= 11 is 0. The van der Waals surface area contributed by atoms with E-state index in [0.717, 1.165) is 37.1 Å². The van der Waals surface area contributed by atoms with Gasteiger partial charge in [0.05, 0.1) is 24.3 Å². The molecule has 1 aromatic carbocycles. The van der Waals surface area contributed by atoms with Gasteiger partial charge in [-0.05, 0) is 37.4 Å². The summed E-state index contributed by atoms with van der Waals surface area (Å²) in [6, 6.07) is 8.68. The lowest BCUT2D eigenvalue weighted by Crippen LogP contribution is -2.34. The fraction of sp³-hybridized carbons (Fsp3) is 0.500. The number of nitrogens with zero attached hydrogens (tertiary/aromatic N) is 1. The van der Waals surface area contributed by atoms with Crippen LogP contribution in [0.4, 0.5) is 0 Å². The van der Waals surface area contributed by atoms with E-state index in [9.17, 15) is 5.26 Å². The number of ether oxygens (including phenoxy) is 1. The molecular weight excluding hydrogens is 212 g/mol. The van der Waals surface area contributed by atoms with Crippen molar-refractivity contribution in [1.82, 2.24) is 5.32 Å². The Labute approximate surface area is 101 Å². The SMILES string of the molecule is N#Cc1cccc2c1[C@@H]([C@@H]1CCCN1)OCC2. The molecule has 88 valence electrons. The summed E-state index contributed by atoms with van der Waals surface area (Å²) in [7, 11) is 0. The summed E-state index contributed by atoms with van der Waals surface area (Å²) in [5.74, 6) is 0. The number of benzene rings is 1. The van der Waals surface area contributed by atoms with Gasteiger partial charge in [0.25, 0.3) is 0 Å². The van der Waals surface area contributed by atoms with Gasteiger partial charge in [-0.3, -0.25) is 0 Å². The molecule has 0 amide bonds. The van der Waals surface area contributed by atoms with Crippen molar-refractivity contribution >= 4 is 0 Å². The van der Waals surface area contributed by atoms with Gasteiger partial charge < -0.3 is 10.1 Å². The first-order valence-corrected chi connectivity index (χ1v) is 6.27. The van der Waals surface area contributed by atoms with Gasteiger partial charge >= 0.3 is 0 Å². The fourth-order valence-electron chi connectivity index (χ4n) is 2.93. The summed E-state index contributed by atoms with van der Waals surface area (Å²) in [4.78, 5) is 0. The van der Waals surface area contributed by atoms with Crippen molar-refractivity contribution < 1.29 is 4.74 Å². The summed E-state index contributed by atoms with van der Waals surface area (Å²) in [6.45, 7) is 1.83. The molecular formula is C14H16N2O. The van der Waals surface area contributed by atoms with Crippen LogP contribution in [0.15, 0.2) is 18.2 Å². The normalized spacial score (nSPS) is 27.5. The van der Waals surface area contributed by atoms with E-state index in [-0.39, 0.29) is 6.10 Å². The van der Waals surface area contributed by atoms with Crippen LogP contribution in [0.3, 0.4) is 0 Å². The zero-order chi connectivity index (χ0) is 11.7. The molecule has 0 aliphatic carbocycles. The third-order valence-corrected chi connectivity index (χ3v) is 3.73. The molecule has 2 aliphatic rings. The van der Waals surface area contributed by atoms with Crippen molar-refractivity contribution in [1.29, 1.82) is 5.26 Å². The Morgan fingerprint density at radius 1 is 1.41 bits per heavy atom. The molecule has 1 aromatic rings. The van der Waals surface area contributed by atoms with Crippen molar-refractivity contribution in [3.8, 4) is 6.07 Å². The van der Waals surface area contributed by atoms with E-state index in [4.69, 9.17) is 4.74 Å². The highest BCUT2D eigenvalue weighted by atomic mass is 16.5. The second-order valence-corrected chi connectivity index (χ2v) is 4.73. The van der Waals surface area contributed by atoms with Gasteiger partial charge in [-0.2, -0.15) is 5.26 Å². The van der Waals surface area contributed by atoms with E-state index in [1.54, 1.807) is 0 Å². The molecule has 1 saturated heterocycles. The Bertz CT molecular complexity index is 458. The maximum absolute atomic E-state index is 9.23. The van der Waals surface area contributed by atoms with Crippen LogP contribution in [0, 0.1) is 11.3 Å². The monoisotopic (exact) mass is 228 g/mol. The van der Waals surface area contributed by atoms with Crippen molar-refractivity contribution in [2.24, 2.45) is 0 Å². The molecule has 1 N–H and O–H groups in total. The van der Waals surface area contributed by atoms with Crippen LogP contribution in [-0.2, 0) is 11.2 Å². The summed E-state index contributed by atoms with van der Waals surface area (Å²) in [6.07, 6.45) is 3.34. The molecule has 2 heterocycles. The molecule has 1 fully saturated rings. The lowest BCUT2D eigenvalue weighted by atomic mass is 9.89. The summed E-state index contributed by atoms with van der Waals surface area (Å²) < 4.78 is 5.92. The highest BCUT2D eigenvalue weighted by Crippen LogP contribution is 2.34. The predicted octanol–water partition coefficient (Wildman–Crippen LogP) is 1.92. The van der Waals surface area contributed by atoms with Crippen molar-refractivity contribution in [3.63, 3.8) is 0 Å². The van der Waals surface area contributed by atoms with E-state index in [2.05, 4.69) is 17.5 Å².